The lowest BCUT2D eigenvalue weighted by Crippen LogP contribution is -2.01. The third-order valence-electron chi connectivity index (χ3n) is 2.77. The van der Waals surface area contributed by atoms with Gasteiger partial charge in [0.15, 0.2) is 5.69 Å². The summed E-state index contributed by atoms with van der Waals surface area (Å²) in [5, 5.41) is 10.2. The number of nitrogens with zero attached hydrogens (tertiary/aromatic N) is 1. The molecule has 2 aromatic rings. The number of thiazole rings is 1. The number of benzene rings is 1. The lowest BCUT2D eigenvalue weighted by Gasteiger charge is -2.08. The van der Waals surface area contributed by atoms with Crippen molar-refractivity contribution in [1.29, 1.82) is 0 Å². The van der Waals surface area contributed by atoms with Gasteiger partial charge < -0.3 is 9.84 Å². The van der Waals surface area contributed by atoms with Crippen LogP contribution in [0.2, 0.25) is 0 Å². The van der Waals surface area contributed by atoms with Crippen LogP contribution in [0.15, 0.2) is 24.3 Å². The van der Waals surface area contributed by atoms with Gasteiger partial charge in [0.1, 0.15) is 5.75 Å². The maximum atomic E-state index is 11.4. The van der Waals surface area contributed by atoms with Crippen LogP contribution in [0, 0.1) is 0 Å². The van der Waals surface area contributed by atoms with Crippen LogP contribution in [0.25, 0.3) is 10.4 Å². The molecule has 2 rings (SSSR count). The molecule has 4 nitrogen and oxygen atoms in total. The van der Waals surface area contributed by atoms with E-state index < -0.39 is 5.97 Å². The van der Waals surface area contributed by atoms with E-state index in [9.17, 15) is 9.90 Å². The van der Waals surface area contributed by atoms with Crippen molar-refractivity contribution in [2.75, 3.05) is 6.61 Å². The summed E-state index contributed by atoms with van der Waals surface area (Å²) >= 11 is 1.42. The number of para-hydroxylation sites is 1. The second-order valence-electron chi connectivity index (χ2n) is 4.62. The average Bonchev–Trinajstić information content (AvgIpc) is 2.85. The number of aromatic carboxylic acids is 1. The Balaban J connectivity index is 2.59. The summed E-state index contributed by atoms with van der Waals surface area (Å²) in [6.45, 7) is 6.45. The van der Waals surface area contributed by atoms with E-state index in [2.05, 4.69) is 4.98 Å². The molecule has 0 bridgehead atoms. The first kappa shape index (κ1) is 14.5. The predicted octanol–water partition coefficient (Wildman–Crippen LogP) is 4.03. The van der Waals surface area contributed by atoms with Crippen molar-refractivity contribution in [3.8, 4) is 16.2 Å². The minimum atomic E-state index is -1.01. The van der Waals surface area contributed by atoms with E-state index in [0.717, 1.165) is 10.6 Å². The van der Waals surface area contributed by atoms with E-state index in [1.54, 1.807) is 0 Å². The lowest BCUT2D eigenvalue weighted by molar-refractivity contribution is 0.0692. The van der Waals surface area contributed by atoms with E-state index in [0.29, 0.717) is 17.2 Å². The highest BCUT2D eigenvalue weighted by atomic mass is 32.1. The molecule has 106 valence electrons. The monoisotopic (exact) mass is 291 g/mol. The third-order valence-corrected chi connectivity index (χ3v) is 4.16. The fourth-order valence-electron chi connectivity index (χ4n) is 1.85. The standard InChI is InChI=1S/C15H17NO3S/c1-4-19-11-8-6-5-7-10(11)13-12(15(17)18)16-14(20-13)9(2)3/h5-9H,4H2,1-3H3,(H,17,18). The predicted molar refractivity (Wildman–Crippen MR) is 79.8 cm³/mol. The number of carboxylic acids is 1. The van der Waals surface area contributed by atoms with Gasteiger partial charge in [-0.3, -0.25) is 0 Å². The van der Waals surface area contributed by atoms with Crippen LogP contribution >= 0.6 is 11.3 Å². The SMILES string of the molecule is CCOc1ccccc1-c1sc(C(C)C)nc1C(=O)O. The van der Waals surface area contributed by atoms with Crippen LogP contribution in [-0.4, -0.2) is 22.7 Å². The number of hydrogen-bond donors (Lipinski definition) is 1. The first-order valence-corrected chi connectivity index (χ1v) is 7.32. The smallest absolute Gasteiger partial charge is 0.356 e. The zero-order valence-corrected chi connectivity index (χ0v) is 12.5. The molecule has 5 heteroatoms. The quantitative estimate of drug-likeness (QED) is 0.903. The molecule has 0 fully saturated rings. The summed E-state index contributed by atoms with van der Waals surface area (Å²) in [6, 6.07) is 7.46. The first-order chi connectivity index (χ1) is 9.54. The van der Waals surface area contributed by atoms with Gasteiger partial charge in [-0.05, 0) is 19.1 Å². The van der Waals surface area contributed by atoms with E-state index in [-0.39, 0.29) is 11.6 Å². The average molecular weight is 291 g/mol. The summed E-state index contributed by atoms with van der Waals surface area (Å²) in [4.78, 5) is 16.3. The lowest BCUT2D eigenvalue weighted by atomic mass is 10.1. The Labute approximate surface area is 122 Å². The normalized spacial score (nSPS) is 10.8. The number of carboxylic acid groups (broad SMARTS) is 1. The zero-order valence-electron chi connectivity index (χ0n) is 11.7. The van der Waals surface area contributed by atoms with Crippen LogP contribution < -0.4 is 4.74 Å². The summed E-state index contributed by atoms with van der Waals surface area (Å²) in [5.41, 5.74) is 0.891. The third kappa shape index (κ3) is 2.82. The van der Waals surface area contributed by atoms with Gasteiger partial charge in [-0.2, -0.15) is 0 Å². The van der Waals surface area contributed by atoms with Gasteiger partial charge >= 0.3 is 5.97 Å². The van der Waals surface area contributed by atoms with Gasteiger partial charge in [0.25, 0.3) is 0 Å². The van der Waals surface area contributed by atoms with Crippen molar-refractivity contribution in [3.05, 3.63) is 35.0 Å². The van der Waals surface area contributed by atoms with Crippen LogP contribution in [0.1, 0.15) is 42.2 Å². The summed E-state index contributed by atoms with van der Waals surface area (Å²) < 4.78 is 5.58. The molecule has 0 amide bonds. The van der Waals surface area contributed by atoms with Crippen molar-refractivity contribution >= 4 is 17.3 Å². The van der Waals surface area contributed by atoms with Gasteiger partial charge in [-0.25, -0.2) is 9.78 Å². The highest BCUT2D eigenvalue weighted by Gasteiger charge is 2.22. The molecule has 0 saturated carbocycles. The van der Waals surface area contributed by atoms with Gasteiger partial charge in [0.05, 0.1) is 16.5 Å². The van der Waals surface area contributed by atoms with Crippen molar-refractivity contribution in [1.82, 2.24) is 4.98 Å². The van der Waals surface area contributed by atoms with Crippen LogP contribution in [0.5, 0.6) is 5.75 Å². The molecule has 1 aromatic heterocycles. The summed E-state index contributed by atoms with van der Waals surface area (Å²) in [6.07, 6.45) is 0. The van der Waals surface area contributed by atoms with Crippen molar-refractivity contribution in [3.63, 3.8) is 0 Å². The molecule has 0 spiro atoms. The number of aromatic nitrogens is 1. The van der Waals surface area contributed by atoms with Crippen molar-refractivity contribution in [2.45, 2.75) is 26.7 Å². The number of rotatable bonds is 5. The van der Waals surface area contributed by atoms with Gasteiger partial charge in [-0.1, -0.05) is 26.0 Å². The Bertz CT molecular complexity index is 619. The number of carbonyl (C=O) groups is 1. The Hall–Kier alpha value is -1.88. The van der Waals surface area contributed by atoms with Gasteiger partial charge in [0.2, 0.25) is 0 Å². The molecule has 0 saturated heterocycles. The molecule has 0 unspecified atom stereocenters. The molecule has 0 aliphatic heterocycles. The Morgan fingerprint density at radius 2 is 2.10 bits per heavy atom. The van der Waals surface area contributed by atoms with E-state index in [1.807, 2.05) is 45.0 Å². The minimum Gasteiger partial charge on any atom is -0.493 e. The largest absolute Gasteiger partial charge is 0.493 e. The highest BCUT2D eigenvalue weighted by Crippen LogP contribution is 2.38. The molecule has 0 radical (unpaired) electrons. The van der Waals surface area contributed by atoms with Crippen molar-refractivity contribution < 1.29 is 14.6 Å². The van der Waals surface area contributed by atoms with Crippen LogP contribution in [0.3, 0.4) is 0 Å². The molecule has 0 atom stereocenters. The fourth-order valence-corrected chi connectivity index (χ4v) is 2.94. The maximum Gasteiger partial charge on any atom is 0.356 e. The summed E-state index contributed by atoms with van der Waals surface area (Å²) in [5.74, 6) is -0.114. The highest BCUT2D eigenvalue weighted by molar-refractivity contribution is 7.15. The molecule has 0 aliphatic carbocycles. The number of ether oxygens (including phenoxy) is 1. The number of hydrogen-bond acceptors (Lipinski definition) is 4. The van der Waals surface area contributed by atoms with Crippen molar-refractivity contribution in [2.24, 2.45) is 0 Å². The Kier molecular flexibility index (Phi) is 4.39. The summed E-state index contributed by atoms with van der Waals surface area (Å²) in [7, 11) is 0. The first-order valence-electron chi connectivity index (χ1n) is 6.50. The minimum absolute atomic E-state index is 0.103. The topological polar surface area (TPSA) is 59.4 Å². The second kappa shape index (κ2) is 6.05. The molecule has 1 aromatic carbocycles. The second-order valence-corrected chi connectivity index (χ2v) is 5.65. The molecular formula is C15H17NO3S. The zero-order chi connectivity index (χ0) is 14.7. The molecule has 0 aliphatic rings. The fraction of sp³-hybridized carbons (Fsp3) is 0.333. The van der Waals surface area contributed by atoms with Gasteiger partial charge in [0, 0.05) is 11.5 Å². The molecule has 20 heavy (non-hydrogen) atoms. The van der Waals surface area contributed by atoms with Gasteiger partial charge in [-0.15, -0.1) is 11.3 Å². The van der Waals surface area contributed by atoms with E-state index in [4.69, 9.17) is 4.74 Å². The maximum absolute atomic E-state index is 11.4. The molecule has 1 N–H and O–H groups in total. The molecule has 1 heterocycles. The Morgan fingerprint density at radius 1 is 1.40 bits per heavy atom. The Morgan fingerprint density at radius 3 is 2.70 bits per heavy atom. The van der Waals surface area contributed by atoms with Crippen LogP contribution in [0.4, 0.5) is 0 Å². The van der Waals surface area contributed by atoms with E-state index >= 15 is 0 Å². The molecular weight excluding hydrogens is 274 g/mol. The van der Waals surface area contributed by atoms with E-state index in [1.165, 1.54) is 11.3 Å². The van der Waals surface area contributed by atoms with Crippen LogP contribution in [-0.2, 0) is 0 Å².